The molecular weight excluding hydrogens is 208 g/mol. The van der Waals surface area contributed by atoms with E-state index in [2.05, 4.69) is 32.8 Å². The van der Waals surface area contributed by atoms with Gasteiger partial charge in [-0.3, -0.25) is 4.68 Å². The summed E-state index contributed by atoms with van der Waals surface area (Å²) in [5.41, 5.74) is 4.23. The van der Waals surface area contributed by atoms with Gasteiger partial charge < -0.3 is 0 Å². The fourth-order valence-corrected chi connectivity index (χ4v) is 3.42. The minimum Gasteiger partial charge on any atom is -0.272 e. The van der Waals surface area contributed by atoms with E-state index in [1.807, 2.05) is 11.7 Å². The SMILES string of the molecule is Cc1nn(C)c(C)c1C1C(CCl)C1(C)C. The number of alkyl halides is 1. The van der Waals surface area contributed by atoms with Gasteiger partial charge in [0.25, 0.3) is 0 Å². The molecule has 1 aromatic rings. The molecule has 2 unspecified atom stereocenters. The quantitative estimate of drug-likeness (QED) is 0.709. The third kappa shape index (κ3) is 1.42. The lowest BCUT2D eigenvalue weighted by atomic mass is 10.0. The Balaban J connectivity index is 2.40. The molecule has 1 heterocycles. The summed E-state index contributed by atoms with van der Waals surface area (Å²) in [6.07, 6.45) is 0. The van der Waals surface area contributed by atoms with Crippen molar-refractivity contribution in [3.63, 3.8) is 0 Å². The Morgan fingerprint density at radius 2 is 2.00 bits per heavy atom. The molecule has 0 aliphatic heterocycles. The van der Waals surface area contributed by atoms with Crippen LogP contribution in [0.4, 0.5) is 0 Å². The van der Waals surface area contributed by atoms with Crippen LogP contribution in [0.3, 0.4) is 0 Å². The molecule has 1 aromatic heterocycles. The lowest BCUT2D eigenvalue weighted by Gasteiger charge is -2.03. The molecule has 2 nitrogen and oxygen atoms in total. The summed E-state index contributed by atoms with van der Waals surface area (Å²) >= 11 is 6.01. The van der Waals surface area contributed by atoms with Crippen LogP contribution in [-0.4, -0.2) is 15.7 Å². The zero-order chi connectivity index (χ0) is 11.4. The number of halogens is 1. The van der Waals surface area contributed by atoms with E-state index < -0.39 is 0 Å². The zero-order valence-corrected chi connectivity index (χ0v) is 10.9. The van der Waals surface area contributed by atoms with E-state index >= 15 is 0 Å². The van der Waals surface area contributed by atoms with Gasteiger partial charge in [-0.1, -0.05) is 13.8 Å². The highest BCUT2D eigenvalue weighted by molar-refractivity contribution is 6.18. The Labute approximate surface area is 96.6 Å². The van der Waals surface area contributed by atoms with E-state index in [1.165, 1.54) is 17.0 Å². The topological polar surface area (TPSA) is 17.8 Å². The maximum atomic E-state index is 6.01. The standard InChI is InChI=1S/C12H19ClN2/c1-7-10(8(2)15(5)14-7)11-9(6-13)12(11,3)4/h9,11H,6H2,1-5H3. The van der Waals surface area contributed by atoms with E-state index in [9.17, 15) is 0 Å². The number of hydrogen-bond acceptors (Lipinski definition) is 1. The van der Waals surface area contributed by atoms with E-state index in [1.54, 1.807) is 0 Å². The molecule has 0 saturated heterocycles. The molecule has 0 aromatic carbocycles. The third-order valence-electron chi connectivity index (χ3n) is 4.09. The van der Waals surface area contributed by atoms with Crippen molar-refractivity contribution in [3.05, 3.63) is 17.0 Å². The molecule has 0 radical (unpaired) electrons. The van der Waals surface area contributed by atoms with Gasteiger partial charge in [0.1, 0.15) is 0 Å². The van der Waals surface area contributed by atoms with Gasteiger partial charge in [0.15, 0.2) is 0 Å². The highest BCUT2D eigenvalue weighted by atomic mass is 35.5. The van der Waals surface area contributed by atoms with Crippen molar-refractivity contribution in [1.82, 2.24) is 9.78 Å². The average Bonchev–Trinajstić information content (AvgIpc) is 2.58. The Bertz CT molecular complexity index is 393. The van der Waals surface area contributed by atoms with E-state index in [0.29, 0.717) is 17.3 Å². The van der Waals surface area contributed by atoms with Gasteiger partial charge in [0.05, 0.1) is 5.69 Å². The van der Waals surface area contributed by atoms with Gasteiger partial charge in [-0.25, -0.2) is 0 Å². The zero-order valence-electron chi connectivity index (χ0n) is 10.1. The first kappa shape index (κ1) is 11.0. The first-order valence-corrected chi connectivity index (χ1v) is 6.00. The highest BCUT2D eigenvalue weighted by Gasteiger charge is 2.58. The van der Waals surface area contributed by atoms with Gasteiger partial charge in [-0.2, -0.15) is 5.10 Å². The fourth-order valence-electron chi connectivity index (χ4n) is 2.85. The van der Waals surface area contributed by atoms with Crippen LogP contribution in [0.25, 0.3) is 0 Å². The van der Waals surface area contributed by atoms with Crippen molar-refractivity contribution in [3.8, 4) is 0 Å². The van der Waals surface area contributed by atoms with E-state index in [4.69, 9.17) is 11.6 Å². The van der Waals surface area contributed by atoms with Crippen LogP contribution in [-0.2, 0) is 7.05 Å². The van der Waals surface area contributed by atoms with Crippen molar-refractivity contribution in [2.45, 2.75) is 33.6 Å². The highest BCUT2D eigenvalue weighted by Crippen LogP contribution is 2.65. The number of nitrogens with zero attached hydrogens (tertiary/aromatic N) is 2. The van der Waals surface area contributed by atoms with E-state index in [-0.39, 0.29) is 0 Å². The van der Waals surface area contributed by atoms with Gasteiger partial charge >= 0.3 is 0 Å². The summed E-state index contributed by atoms with van der Waals surface area (Å²) in [5.74, 6) is 1.97. The maximum absolute atomic E-state index is 6.01. The summed E-state index contributed by atoms with van der Waals surface area (Å²) < 4.78 is 1.98. The Morgan fingerprint density at radius 1 is 1.40 bits per heavy atom. The molecule has 0 N–H and O–H groups in total. The number of aryl methyl sites for hydroxylation is 2. The fraction of sp³-hybridized carbons (Fsp3) is 0.750. The van der Waals surface area contributed by atoms with Gasteiger partial charge in [0.2, 0.25) is 0 Å². The lowest BCUT2D eigenvalue weighted by molar-refractivity contribution is 0.576. The molecule has 3 heteroatoms. The normalized spacial score (nSPS) is 28.1. The van der Waals surface area contributed by atoms with Crippen molar-refractivity contribution in [2.24, 2.45) is 18.4 Å². The molecule has 1 aliphatic rings. The van der Waals surface area contributed by atoms with Crippen LogP contribution in [0.15, 0.2) is 0 Å². The summed E-state index contributed by atoms with van der Waals surface area (Å²) in [6, 6.07) is 0. The van der Waals surface area contributed by atoms with Crippen LogP contribution in [0.2, 0.25) is 0 Å². The van der Waals surface area contributed by atoms with Crippen molar-refractivity contribution < 1.29 is 0 Å². The minimum atomic E-state index is 0.348. The minimum absolute atomic E-state index is 0.348. The monoisotopic (exact) mass is 226 g/mol. The summed E-state index contributed by atoms with van der Waals surface area (Å²) in [7, 11) is 2.01. The molecule has 0 bridgehead atoms. The van der Waals surface area contributed by atoms with Crippen LogP contribution >= 0.6 is 11.6 Å². The summed E-state index contributed by atoms with van der Waals surface area (Å²) in [5, 5.41) is 4.48. The second-order valence-electron chi connectivity index (χ2n) is 5.27. The molecule has 0 spiro atoms. The molecule has 0 amide bonds. The predicted molar refractivity (Wildman–Crippen MR) is 63.4 cm³/mol. The van der Waals surface area contributed by atoms with Crippen LogP contribution < -0.4 is 0 Å². The van der Waals surface area contributed by atoms with E-state index in [0.717, 1.165) is 5.88 Å². The van der Waals surface area contributed by atoms with Crippen LogP contribution in [0.1, 0.15) is 36.7 Å². The first-order chi connectivity index (χ1) is 6.91. The molecule has 84 valence electrons. The van der Waals surface area contributed by atoms with Crippen molar-refractivity contribution in [2.75, 3.05) is 5.88 Å². The second-order valence-corrected chi connectivity index (χ2v) is 5.58. The number of hydrogen-bond donors (Lipinski definition) is 0. The summed E-state index contributed by atoms with van der Waals surface area (Å²) in [6.45, 7) is 8.85. The Hall–Kier alpha value is -0.500. The van der Waals surface area contributed by atoms with Crippen molar-refractivity contribution in [1.29, 1.82) is 0 Å². The number of rotatable bonds is 2. The molecular formula is C12H19ClN2. The first-order valence-electron chi connectivity index (χ1n) is 5.47. The number of aromatic nitrogens is 2. The van der Waals surface area contributed by atoms with Gasteiger partial charge in [-0.05, 0) is 36.7 Å². The molecule has 1 fully saturated rings. The van der Waals surface area contributed by atoms with Crippen LogP contribution in [0.5, 0.6) is 0 Å². The van der Waals surface area contributed by atoms with Gasteiger partial charge in [-0.15, -0.1) is 11.6 Å². The Morgan fingerprint density at radius 3 is 2.33 bits per heavy atom. The molecule has 2 rings (SSSR count). The van der Waals surface area contributed by atoms with Crippen molar-refractivity contribution >= 4 is 11.6 Å². The molecule has 15 heavy (non-hydrogen) atoms. The lowest BCUT2D eigenvalue weighted by Crippen LogP contribution is -1.95. The smallest absolute Gasteiger partial charge is 0.0631 e. The Kier molecular flexibility index (Phi) is 2.38. The molecule has 1 aliphatic carbocycles. The van der Waals surface area contributed by atoms with Gasteiger partial charge in [0, 0.05) is 18.6 Å². The predicted octanol–water partition coefficient (Wildman–Crippen LogP) is 3.02. The van der Waals surface area contributed by atoms with Crippen LogP contribution in [0, 0.1) is 25.2 Å². The molecule has 1 saturated carbocycles. The molecule has 2 atom stereocenters. The largest absolute Gasteiger partial charge is 0.272 e. The summed E-state index contributed by atoms with van der Waals surface area (Å²) in [4.78, 5) is 0. The average molecular weight is 227 g/mol. The maximum Gasteiger partial charge on any atom is 0.0631 e. The third-order valence-corrected chi connectivity index (χ3v) is 4.43. The second kappa shape index (κ2) is 3.24.